The number of imide groups is 1. The van der Waals surface area contributed by atoms with Gasteiger partial charge in [-0.1, -0.05) is 6.07 Å². The van der Waals surface area contributed by atoms with Crippen molar-refractivity contribution >= 4 is 34.4 Å². The van der Waals surface area contributed by atoms with E-state index in [2.05, 4.69) is 10.2 Å². The summed E-state index contributed by atoms with van der Waals surface area (Å²) in [6, 6.07) is 9.12. The summed E-state index contributed by atoms with van der Waals surface area (Å²) in [7, 11) is 0. The van der Waals surface area contributed by atoms with Crippen LogP contribution in [0.25, 0.3) is 5.57 Å². The number of ether oxygens (including phenoxy) is 3. The molecule has 0 aliphatic carbocycles. The molecule has 1 saturated heterocycles. The van der Waals surface area contributed by atoms with E-state index in [0.29, 0.717) is 35.0 Å². The number of rotatable bonds is 7. The van der Waals surface area contributed by atoms with Crippen molar-refractivity contribution in [1.82, 2.24) is 9.80 Å². The fourth-order valence-corrected chi connectivity index (χ4v) is 4.71. The van der Waals surface area contributed by atoms with Crippen LogP contribution in [0.1, 0.15) is 11.3 Å². The number of carbonyl (C=O) groups excluding carboxylic acids is 2. The lowest BCUT2D eigenvalue weighted by molar-refractivity contribution is -0.136. The van der Waals surface area contributed by atoms with Gasteiger partial charge in [-0.3, -0.25) is 19.4 Å². The van der Waals surface area contributed by atoms with Gasteiger partial charge in [0.1, 0.15) is 5.70 Å². The van der Waals surface area contributed by atoms with Crippen molar-refractivity contribution in [2.24, 2.45) is 0 Å². The lowest BCUT2D eigenvalue weighted by atomic mass is 10.2. The van der Waals surface area contributed by atoms with Crippen LogP contribution in [0.4, 0.5) is 5.69 Å². The second-order valence-corrected chi connectivity index (χ2v) is 8.44. The SMILES string of the molecule is O=C1C(Nc2ccc3c(c2)OCO3)=C(c2cccs2)C(=O)N1CCCN1CCOCC1. The maximum Gasteiger partial charge on any atom is 0.278 e. The molecular formula is C22H23N3O5S. The third-order valence-electron chi connectivity index (χ3n) is 5.54. The molecule has 1 aromatic heterocycles. The van der Waals surface area contributed by atoms with E-state index in [-0.39, 0.29) is 18.6 Å². The predicted molar refractivity (Wildman–Crippen MR) is 116 cm³/mol. The van der Waals surface area contributed by atoms with Crippen LogP contribution < -0.4 is 14.8 Å². The summed E-state index contributed by atoms with van der Waals surface area (Å²) in [6.07, 6.45) is 0.729. The molecule has 0 atom stereocenters. The van der Waals surface area contributed by atoms with Crippen molar-refractivity contribution in [1.29, 1.82) is 0 Å². The summed E-state index contributed by atoms with van der Waals surface area (Å²) < 4.78 is 16.2. The fourth-order valence-electron chi connectivity index (χ4n) is 3.94. The molecule has 31 heavy (non-hydrogen) atoms. The fraction of sp³-hybridized carbons (Fsp3) is 0.364. The van der Waals surface area contributed by atoms with Crippen LogP contribution in [0.3, 0.4) is 0 Å². The van der Waals surface area contributed by atoms with Gasteiger partial charge < -0.3 is 19.5 Å². The molecule has 0 bridgehead atoms. The predicted octanol–water partition coefficient (Wildman–Crippen LogP) is 2.39. The number of fused-ring (bicyclic) bond motifs is 1. The zero-order valence-electron chi connectivity index (χ0n) is 17.0. The quantitative estimate of drug-likeness (QED) is 0.661. The van der Waals surface area contributed by atoms with Crippen molar-refractivity contribution in [3.8, 4) is 11.5 Å². The normalized spacial score (nSPS) is 18.9. The minimum Gasteiger partial charge on any atom is -0.454 e. The largest absolute Gasteiger partial charge is 0.454 e. The molecule has 1 N–H and O–H groups in total. The highest BCUT2D eigenvalue weighted by Gasteiger charge is 2.39. The smallest absolute Gasteiger partial charge is 0.278 e. The molecule has 5 rings (SSSR count). The molecule has 0 unspecified atom stereocenters. The maximum absolute atomic E-state index is 13.2. The third-order valence-corrected chi connectivity index (χ3v) is 6.42. The summed E-state index contributed by atoms with van der Waals surface area (Å²) in [5, 5.41) is 5.07. The lowest BCUT2D eigenvalue weighted by Crippen LogP contribution is -2.39. The van der Waals surface area contributed by atoms with Crippen molar-refractivity contribution in [3.63, 3.8) is 0 Å². The first-order valence-electron chi connectivity index (χ1n) is 10.3. The first kappa shape index (κ1) is 20.0. The number of carbonyl (C=O) groups is 2. The van der Waals surface area contributed by atoms with Gasteiger partial charge >= 0.3 is 0 Å². The van der Waals surface area contributed by atoms with Gasteiger partial charge in [0.15, 0.2) is 11.5 Å². The Morgan fingerprint density at radius 3 is 2.65 bits per heavy atom. The van der Waals surface area contributed by atoms with Crippen LogP contribution in [0.5, 0.6) is 11.5 Å². The van der Waals surface area contributed by atoms with Gasteiger partial charge in [0.05, 0.1) is 18.8 Å². The van der Waals surface area contributed by atoms with E-state index in [0.717, 1.165) is 44.1 Å². The summed E-state index contributed by atoms with van der Waals surface area (Å²) in [4.78, 5) is 30.9. The number of nitrogens with one attached hydrogen (secondary N) is 1. The number of thiophene rings is 1. The zero-order valence-corrected chi connectivity index (χ0v) is 17.8. The highest BCUT2D eigenvalue weighted by atomic mass is 32.1. The number of hydrogen-bond acceptors (Lipinski definition) is 8. The standard InChI is InChI=1S/C22H23N3O5S/c26-21-19(18-3-1-12-31-18)20(23-15-4-5-16-17(13-15)30-14-29-16)22(27)25(21)7-2-6-24-8-10-28-11-9-24/h1,3-5,12-13,23H,2,6-11,14H2. The molecule has 3 aliphatic rings. The first-order chi connectivity index (χ1) is 15.2. The minimum atomic E-state index is -0.298. The Morgan fingerprint density at radius 2 is 1.84 bits per heavy atom. The molecule has 2 aromatic rings. The van der Waals surface area contributed by atoms with Crippen LogP contribution in [0.15, 0.2) is 41.4 Å². The molecule has 4 heterocycles. The molecule has 2 amide bonds. The monoisotopic (exact) mass is 441 g/mol. The molecule has 0 radical (unpaired) electrons. The van der Waals surface area contributed by atoms with Gasteiger partial charge in [-0.15, -0.1) is 11.3 Å². The minimum absolute atomic E-state index is 0.177. The van der Waals surface area contributed by atoms with E-state index >= 15 is 0 Å². The topological polar surface area (TPSA) is 80.3 Å². The van der Waals surface area contributed by atoms with Gasteiger partial charge in [0.2, 0.25) is 6.79 Å². The second kappa shape index (κ2) is 8.70. The number of benzene rings is 1. The number of nitrogens with zero attached hydrogens (tertiary/aromatic N) is 2. The third kappa shape index (κ3) is 4.04. The van der Waals surface area contributed by atoms with Crippen LogP contribution in [0.2, 0.25) is 0 Å². The Kier molecular flexibility index (Phi) is 5.63. The Morgan fingerprint density at radius 1 is 1.00 bits per heavy atom. The molecule has 162 valence electrons. The van der Waals surface area contributed by atoms with E-state index < -0.39 is 0 Å². The average Bonchev–Trinajstić information content (AvgIpc) is 3.52. The van der Waals surface area contributed by atoms with Gasteiger partial charge in [-0.2, -0.15) is 0 Å². The zero-order chi connectivity index (χ0) is 21.2. The van der Waals surface area contributed by atoms with Gasteiger partial charge in [-0.05, 0) is 30.0 Å². The molecular weight excluding hydrogens is 418 g/mol. The molecule has 1 fully saturated rings. The van der Waals surface area contributed by atoms with Crippen LogP contribution in [0, 0.1) is 0 Å². The van der Waals surface area contributed by atoms with Crippen LogP contribution in [-0.2, 0) is 14.3 Å². The Hall–Kier alpha value is -2.88. The average molecular weight is 442 g/mol. The summed E-state index contributed by atoms with van der Waals surface area (Å²) in [5.41, 5.74) is 1.39. The van der Waals surface area contributed by atoms with E-state index in [1.807, 2.05) is 23.6 Å². The summed E-state index contributed by atoms with van der Waals surface area (Å²) in [5.74, 6) is 0.727. The molecule has 0 saturated carbocycles. The maximum atomic E-state index is 13.2. The van der Waals surface area contributed by atoms with Crippen molar-refractivity contribution in [3.05, 3.63) is 46.3 Å². The number of hydrogen-bond donors (Lipinski definition) is 1. The van der Waals surface area contributed by atoms with Gasteiger partial charge in [0, 0.05) is 42.8 Å². The summed E-state index contributed by atoms with van der Waals surface area (Å²) in [6.45, 7) is 4.63. The molecule has 9 heteroatoms. The molecule has 0 spiro atoms. The van der Waals surface area contributed by atoms with Gasteiger partial charge in [-0.25, -0.2) is 0 Å². The number of morpholine rings is 1. The van der Waals surface area contributed by atoms with Crippen LogP contribution in [-0.4, -0.2) is 67.8 Å². The highest BCUT2D eigenvalue weighted by molar-refractivity contribution is 7.11. The summed E-state index contributed by atoms with van der Waals surface area (Å²) >= 11 is 1.44. The lowest BCUT2D eigenvalue weighted by Gasteiger charge is -2.27. The highest BCUT2D eigenvalue weighted by Crippen LogP contribution is 2.37. The van der Waals surface area contributed by atoms with Crippen LogP contribution >= 0.6 is 11.3 Å². The second-order valence-electron chi connectivity index (χ2n) is 7.49. The number of anilines is 1. The van der Waals surface area contributed by atoms with Crippen molar-refractivity contribution < 1.29 is 23.8 Å². The number of amides is 2. The van der Waals surface area contributed by atoms with E-state index in [1.54, 1.807) is 12.1 Å². The Balaban J connectivity index is 1.34. The molecule has 3 aliphatic heterocycles. The van der Waals surface area contributed by atoms with E-state index in [1.165, 1.54) is 16.2 Å². The van der Waals surface area contributed by atoms with Crippen molar-refractivity contribution in [2.45, 2.75) is 6.42 Å². The molecule has 8 nitrogen and oxygen atoms in total. The Bertz CT molecular complexity index is 1010. The van der Waals surface area contributed by atoms with Gasteiger partial charge in [0.25, 0.3) is 11.8 Å². The Labute approximate surface area is 184 Å². The molecule has 1 aromatic carbocycles. The first-order valence-corrected chi connectivity index (χ1v) is 11.2. The van der Waals surface area contributed by atoms with E-state index in [4.69, 9.17) is 14.2 Å². The van der Waals surface area contributed by atoms with Crippen molar-refractivity contribution in [2.75, 3.05) is 51.5 Å². The van der Waals surface area contributed by atoms with E-state index in [9.17, 15) is 9.59 Å².